The van der Waals surface area contributed by atoms with Crippen LogP contribution in [0.4, 0.5) is 0 Å². The number of allylic oxidation sites excluding steroid dienone is 1. The van der Waals surface area contributed by atoms with Crippen LogP contribution in [0.5, 0.6) is 0 Å². The molecular weight excluding hydrogens is 204 g/mol. The van der Waals surface area contributed by atoms with Gasteiger partial charge in [0, 0.05) is 0 Å². The summed E-state index contributed by atoms with van der Waals surface area (Å²) in [4.78, 5) is 10.3. The van der Waals surface area contributed by atoms with Gasteiger partial charge in [-0.05, 0) is 19.3 Å². The van der Waals surface area contributed by atoms with Gasteiger partial charge in [-0.1, -0.05) is 44.6 Å². The molecule has 0 aromatic heterocycles. The predicted molar refractivity (Wildman–Crippen MR) is 65.4 cm³/mol. The SMILES string of the molecule is C=CCCCCCCCCCC(O)C(=O)O. The molecule has 0 aliphatic heterocycles. The molecule has 0 spiro atoms. The average Bonchev–Trinajstić information content (AvgIpc) is 2.26. The molecule has 94 valence electrons. The van der Waals surface area contributed by atoms with E-state index in [0.717, 1.165) is 25.7 Å². The van der Waals surface area contributed by atoms with Crippen molar-refractivity contribution in [2.45, 2.75) is 63.9 Å². The highest BCUT2D eigenvalue weighted by atomic mass is 16.4. The van der Waals surface area contributed by atoms with Crippen molar-refractivity contribution in [3.63, 3.8) is 0 Å². The Bertz CT molecular complexity index is 190. The summed E-state index contributed by atoms with van der Waals surface area (Å²) in [6.45, 7) is 3.68. The number of aliphatic hydroxyl groups is 1. The van der Waals surface area contributed by atoms with Gasteiger partial charge >= 0.3 is 5.97 Å². The lowest BCUT2D eigenvalue weighted by atomic mass is 10.1. The van der Waals surface area contributed by atoms with Crippen LogP contribution in [-0.4, -0.2) is 22.3 Å². The van der Waals surface area contributed by atoms with Gasteiger partial charge in [-0.2, -0.15) is 0 Å². The van der Waals surface area contributed by atoms with Crippen LogP contribution >= 0.6 is 0 Å². The van der Waals surface area contributed by atoms with E-state index < -0.39 is 12.1 Å². The zero-order valence-electron chi connectivity index (χ0n) is 10.0. The van der Waals surface area contributed by atoms with Crippen LogP contribution in [0.15, 0.2) is 12.7 Å². The fourth-order valence-electron chi connectivity index (χ4n) is 1.63. The lowest BCUT2D eigenvalue weighted by molar-refractivity contribution is -0.146. The molecule has 0 bridgehead atoms. The van der Waals surface area contributed by atoms with Crippen LogP contribution < -0.4 is 0 Å². The third-order valence-electron chi connectivity index (χ3n) is 2.67. The number of carbonyl (C=O) groups is 1. The Hall–Kier alpha value is -0.830. The Morgan fingerprint density at radius 3 is 2.06 bits per heavy atom. The van der Waals surface area contributed by atoms with E-state index in [1.165, 1.54) is 25.7 Å². The molecule has 0 saturated heterocycles. The Balaban J connectivity index is 3.09. The van der Waals surface area contributed by atoms with E-state index in [9.17, 15) is 4.79 Å². The van der Waals surface area contributed by atoms with E-state index >= 15 is 0 Å². The summed E-state index contributed by atoms with van der Waals surface area (Å²) >= 11 is 0. The molecule has 2 N–H and O–H groups in total. The van der Waals surface area contributed by atoms with Crippen LogP contribution in [0, 0.1) is 0 Å². The first-order valence-corrected chi connectivity index (χ1v) is 6.20. The van der Waals surface area contributed by atoms with Crippen LogP contribution in [0.2, 0.25) is 0 Å². The van der Waals surface area contributed by atoms with E-state index in [-0.39, 0.29) is 0 Å². The van der Waals surface area contributed by atoms with Crippen molar-refractivity contribution in [2.75, 3.05) is 0 Å². The van der Waals surface area contributed by atoms with E-state index in [1.807, 2.05) is 6.08 Å². The zero-order chi connectivity index (χ0) is 12.2. The maximum absolute atomic E-state index is 10.3. The van der Waals surface area contributed by atoms with Crippen molar-refractivity contribution >= 4 is 5.97 Å². The Kier molecular flexibility index (Phi) is 10.1. The van der Waals surface area contributed by atoms with Crippen LogP contribution in [0.25, 0.3) is 0 Å². The highest BCUT2D eigenvalue weighted by Gasteiger charge is 2.11. The van der Waals surface area contributed by atoms with Gasteiger partial charge in [0.15, 0.2) is 6.10 Å². The molecule has 0 radical (unpaired) electrons. The number of aliphatic hydroxyl groups excluding tert-OH is 1. The minimum absolute atomic E-state index is 0.381. The Labute approximate surface area is 98.2 Å². The maximum atomic E-state index is 10.3. The number of hydrogen-bond donors (Lipinski definition) is 2. The number of carboxylic acid groups (broad SMARTS) is 1. The second-order valence-electron chi connectivity index (χ2n) is 4.19. The summed E-state index contributed by atoms with van der Waals surface area (Å²) in [5.74, 6) is -1.11. The third kappa shape index (κ3) is 9.71. The summed E-state index contributed by atoms with van der Waals surface area (Å²) in [7, 11) is 0. The molecule has 0 aliphatic rings. The monoisotopic (exact) mass is 228 g/mol. The van der Waals surface area contributed by atoms with Crippen molar-refractivity contribution < 1.29 is 15.0 Å². The first-order valence-electron chi connectivity index (χ1n) is 6.20. The molecule has 0 aromatic carbocycles. The Morgan fingerprint density at radius 1 is 1.06 bits per heavy atom. The summed E-state index contributed by atoms with van der Waals surface area (Å²) in [6.07, 6.45) is 10.2. The first kappa shape index (κ1) is 15.2. The van der Waals surface area contributed by atoms with Gasteiger partial charge in [0.2, 0.25) is 0 Å². The molecule has 0 amide bonds. The summed E-state index contributed by atoms with van der Waals surface area (Å²) < 4.78 is 0. The first-order chi connectivity index (χ1) is 7.68. The molecule has 3 nitrogen and oxygen atoms in total. The zero-order valence-corrected chi connectivity index (χ0v) is 10.0. The molecule has 0 aliphatic carbocycles. The minimum Gasteiger partial charge on any atom is -0.479 e. The number of unbranched alkanes of at least 4 members (excludes halogenated alkanes) is 7. The lowest BCUT2D eigenvalue weighted by Gasteiger charge is -2.04. The number of hydrogen-bond acceptors (Lipinski definition) is 2. The topological polar surface area (TPSA) is 57.5 Å². The highest BCUT2D eigenvalue weighted by molar-refractivity contribution is 5.71. The molecule has 16 heavy (non-hydrogen) atoms. The van der Waals surface area contributed by atoms with E-state index in [0.29, 0.717) is 6.42 Å². The molecule has 1 unspecified atom stereocenters. The van der Waals surface area contributed by atoms with Gasteiger partial charge in [-0.15, -0.1) is 6.58 Å². The number of carboxylic acids is 1. The smallest absolute Gasteiger partial charge is 0.332 e. The van der Waals surface area contributed by atoms with Gasteiger partial charge in [0.05, 0.1) is 0 Å². The standard InChI is InChI=1S/C13H24O3/c1-2-3-4-5-6-7-8-9-10-11-12(14)13(15)16/h2,12,14H,1,3-11H2,(H,15,16). The van der Waals surface area contributed by atoms with Crippen LogP contribution in [0.1, 0.15) is 57.8 Å². The molecule has 3 heteroatoms. The number of rotatable bonds is 11. The molecule has 0 heterocycles. The van der Waals surface area contributed by atoms with Gasteiger partial charge in [-0.25, -0.2) is 4.79 Å². The quantitative estimate of drug-likeness (QED) is 0.422. The molecule has 0 fully saturated rings. The lowest BCUT2D eigenvalue weighted by Crippen LogP contribution is -2.18. The molecule has 0 rings (SSSR count). The average molecular weight is 228 g/mol. The van der Waals surface area contributed by atoms with Gasteiger partial charge in [0.1, 0.15) is 0 Å². The molecule has 1 atom stereocenters. The van der Waals surface area contributed by atoms with Gasteiger partial charge in [-0.3, -0.25) is 0 Å². The van der Waals surface area contributed by atoms with Crippen molar-refractivity contribution in [1.82, 2.24) is 0 Å². The van der Waals surface area contributed by atoms with Gasteiger partial charge < -0.3 is 10.2 Å². The largest absolute Gasteiger partial charge is 0.479 e. The summed E-state index contributed by atoms with van der Waals surface area (Å²) in [5.41, 5.74) is 0. The molecule has 0 aromatic rings. The van der Waals surface area contributed by atoms with E-state index in [1.54, 1.807) is 0 Å². The fraction of sp³-hybridized carbons (Fsp3) is 0.769. The van der Waals surface area contributed by atoms with Crippen LogP contribution in [-0.2, 0) is 4.79 Å². The summed E-state index contributed by atoms with van der Waals surface area (Å²) in [5, 5.41) is 17.5. The van der Waals surface area contributed by atoms with Gasteiger partial charge in [0.25, 0.3) is 0 Å². The molecular formula is C13H24O3. The van der Waals surface area contributed by atoms with E-state index in [2.05, 4.69) is 6.58 Å². The third-order valence-corrected chi connectivity index (χ3v) is 2.67. The van der Waals surface area contributed by atoms with Crippen molar-refractivity contribution in [1.29, 1.82) is 0 Å². The minimum atomic E-state index is -1.17. The maximum Gasteiger partial charge on any atom is 0.332 e. The van der Waals surface area contributed by atoms with Crippen molar-refractivity contribution in [2.24, 2.45) is 0 Å². The highest BCUT2D eigenvalue weighted by Crippen LogP contribution is 2.10. The normalized spacial score (nSPS) is 12.3. The summed E-state index contributed by atoms with van der Waals surface area (Å²) in [6, 6.07) is 0. The van der Waals surface area contributed by atoms with Crippen molar-refractivity contribution in [3.8, 4) is 0 Å². The fourth-order valence-corrected chi connectivity index (χ4v) is 1.63. The predicted octanol–water partition coefficient (Wildman–Crippen LogP) is 3.13. The number of aliphatic carboxylic acids is 1. The Morgan fingerprint density at radius 2 is 1.56 bits per heavy atom. The van der Waals surface area contributed by atoms with E-state index in [4.69, 9.17) is 10.2 Å². The molecule has 0 saturated carbocycles. The second-order valence-corrected chi connectivity index (χ2v) is 4.19. The van der Waals surface area contributed by atoms with Crippen molar-refractivity contribution in [3.05, 3.63) is 12.7 Å². The van der Waals surface area contributed by atoms with Crippen LogP contribution in [0.3, 0.4) is 0 Å². The second kappa shape index (κ2) is 10.7.